The molecular weight excluding hydrogens is 214 g/mol. The normalized spacial score (nSPS) is 10.9. The molecule has 0 aliphatic carbocycles. The molecule has 0 atom stereocenters. The molecule has 0 bridgehead atoms. The first kappa shape index (κ1) is 10.4. The summed E-state index contributed by atoms with van der Waals surface area (Å²) in [5.41, 5.74) is -0.537. The van der Waals surface area contributed by atoms with Crippen molar-refractivity contribution < 1.29 is 22.1 Å². The summed E-state index contributed by atoms with van der Waals surface area (Å²) < 4.78 is 32.9. The summed E-state index contributed by atoms with van der Waals surface area (Å²) in [6.45, 7) is 0. The zero-order chi connectivity index (χ0) is 10.8. The average Bonchev–Trinajstić information content (AvgIpc) is 2.01. The lowest BCUT2D eigenvalue weighted by atomic mass is 10.3. The van der Waals surface area contributed by atoms with Crippen molar-refractivity contribution in [3.05, 3.63) is 34.4 Å². The van der Waals surface area contributed by atoms with Gasteiger partial charge >= 0.3 is 16.1 Å². The second-order valence-corrected chi connectivity index (χ2v) is 3.26. The van der Waals surface area contributed by atoms with Crippen LogP contribution in [0.5, 0.6) is 5.75 Å². The maximum Gasteiger partial charge on any atom is 0.446 e. The van der Waals surface area contributed by atoms with Crippen molar-refractivity contribution >= 4 is 16.1 Å². The Morgan fingerprint density at radius 1 is 1.36 bits per heavy atom. The molecule has 8 heteroatoms. The number of para-hydroxylation sites is 2. The summed E-state index contributed by atoms with van der Waals surface area (Å²) in [5.74, 6) is -0.528. The summed E-state index contributed by atoms with van der Waals surface area (Å²) in [4.78, 5) is 9.54. The first-order valence-corrected chi connectivity index (χ1v) is 4.67. The number of hydrogen-bond acceptors (Lipinski definition) is 5. The van der Waals surface area contributed by atoms with Crippen molar-refractivity contribution in [1.29, 1.82) is 0 Å². The maximum absolute atomic E-state index is 10.4. The van der Waals surface area contributed by atoms with Gasteiger partial charge in [-0.25, -0.2) is 0 Å². The van der Waals surface area contributed by atoms with Crippen LogP contribution >= 0.6 is 0 Å². The number of nitro groups is 1. The molecule has 0 saturated carbocycles. The summed E-state index contributed by atoms with van der Waals surface area (Å²) in [6, 6.07) is 4.80. The Morgan fingerprint density at radius 2 is 1.93 bits per heavy atom. The van der Waals surface area contributed by atoms with Crippen molar-refractivity contribution in [3.8, 4) is 5.75 Å². The van der Waals surface area contributed by atoms with Gasteiger partial charge in [0, 0.05) is 6.07 Å². The number of hydrogen-bond donors (Lipinski definition) is 1. The van der Waals surface area contributed by atoms with E-state index < -0.39 is 26.8 Å². The molecule has 14 heavy (non-hydrogen) atoms. The van der Waals surface area contributed by atoms with E-state index in [9.17, 15) is 18.5 Å². The molecule has 7 nitrogen and oxygen atoms in total. The quantitative estimate of drug-likeness (QED) is 0.457. The van der Waals surface area contributed by atoms with Gasteiger partial charge in [-0.2, -0.15) is 8.42 Å². The van der Waals surface area contributed by atoms with Gasteiger partial charge in [0.05, 0.1) is 4.92 Å². The van der Waals surface area contributed by atoms with E-state index in [0.717, 1.165) is 12.1 Å². The molecule has 76 valence electrons. The van der Waals surface area contributed by atoms with Crippen LogP contribution in [0.2, 0.25) is 0 Å². The zero-order valence-corrected chi connectivity index (χ0v) is 7.47. The largest absolute Gasteiger partial charge is 0.446 e. The van der Waals surface area contributed by atoms with E-state index in [4.69, 9.17) is 4.55 Å². The minimum Gasteiger partial charge on any atom is -0.354 e. The topological polar surface area (TPSA) is 107 Å². The van der Waals surface area contributed by atoms with Crippen LogP contribution in [0.1, 0.15) is 0 Å². The first-order valence-electron chi connectivity index (χ1n) is 3.30. The smallest absolute Gasteiger partial charge is 0.354 e. The molecule has 0 amide bonds. The summed E-state index contributed by atoms with van der Waals surface area (Å²) in [6.07, 6.45) is 0. The van der Waals surface area contributed by atoms with E-state index in [1.165, 1.54) is 12.1 Å². The Morgan fingerprint density at radius 3 is 2.43 bits per heavy atom. The van der Waals surface area contributed by atoms with Gasteiger partial charge in [-0.05, 0) is 6.07 Å². The monoisotopic (exact) mass is 219 g/mol. The van der Waals surface area contributed by atoms with Crippen LogP contribution in [0.3, 0.4) is 0 Å². The molecule has 1 rings (SSSR count). The van der Waals surface area contributed by atoms with Crippen LogP contribution in [0.25, 0.3) is 0 Å². The molecule has 0 fully saturated rings. The molecule has 1 N–H and O–H groups in total. The third-order valence-electron chi connectivity index (χ3n) is 1.26. The molecular formula is C6H5NO6S. The van der Waals surface area contributed by atoms with Crippen LogP contribution in [0.4, 0.5) is 5.69 Å². The number of rotatable bonds is 3. The Bertz CT molecular complexity index is 453. The van der Waals surface area contributed by atoms with Crippen LogP contribution < -0.4 is 4.18 Å². The van der Waals surface area contributed by atoms with Gasteiger partial charge in [0.25, 0.3) is 0 Å². The number of nitrogens with zero attached hydrogens (tertiary/aromatic N) is 1. The molecule has 0 aliphatic heterocycles. The van der Waals surface area contributed by atoms with Gasteiger partial charge in [-0.15, -0.1) is 0 Å². The first-order chi connectivity index (χ1) is 6.40. The Balaban J connectivity index is 3.15. The van der Waals surface area contributed by atoms with E-state index in [1.807, 2.05) is 0 Å². The van der Waals surface area contributed by atoms with Crippen LogP contribution in [0.15, 0.2) is 24.3 Å². The van der Waals surface area contributed by atoms with E-state index in [2.05, 4.69) is 4.18 Å². The molecule has 0 unspecified atom stereocenters. The molecule has 1 aromatic rings. The highest BCUT2D eigenvalue weighted by Crippen LogP contribution is 2.26. The molecule has 1 aromatic carbocycles. The number of nitro benzene ring substituents is 1. The third kappa shape index (κ3) is 2.68. The maximum atomic E-state index is 10.4. The van der Waals surface area contributed by atoms with E-state index in [0.29, 0.717) is 0 Å². The Labute approximate surface area is 79.0 Å². The zero-order valence-electron chi connectivity index (χ0n) is 6.65. The lowest BCUT2D eigenvalue weighted by Gasteiger charge is -2.00. The second-order valence-electron chi connectivity index (χ2n) is 2.24. The molecule has 0 radical (unpaired) electrons. The van der Waals surface area contributed by atoms with Crippen LogP contribution in [0, 0.1) is 10.1 Å². The molecule has 0 aromatic heterocycles. The lowest BCUT2D eigenvalue weighted by Crippen LogP contribution is -2.08. The SMILES string of the molecule is O=[N+]([O-])c1ccccc1OS(=O)(=O)O. The molecule has 0 aliphatic rings. The predicted molar refractivity (Wildman–Crippen MR) is 45.3 cm³/mol. The summed E-state index contributed by atoms with van der Waals surface area (Å²) in [7, 11) is -4.74. The average molecular weight is 219 g/mol. The highest BCUT2D eigenvalue weighted by atomic mass is 32.3. The van der Waals surface area contributed by atoms with Crippen molar-refractivity contribution in [3.63, 3.8) is 0 Å². The molecule has 0 saturated heterocycles. The van der Waals surface area contributed by atoms with Crippen molar-refractivity contribution in [2.24, 2.45) is 0 Å². The van der Waals surface area contributed by atoms with Gasteiger partial charge in [0.2, 0.25) is 5.75 Å². The standard InChI is InChI=1S/C6H5NO6S/c8-7(9)5-3-1-2-4-6(5)13-14(10,11)12/h1-4H,(H,10,11,12). The van der Waals surface area contributed by atoms with Crippen LogP contribution in [-0.4, -0.2) is 17.9 Å². The van der Waals surface area contributed by atoms with Gasteiger partial charge in [0.1, 0.15) is 0 Å². The van der Waals surface area contributed by atoms with Gasteiger partial charge in [-0.3, -0.25) is 14.7 Å². The molecule has 0 heterocycles. The highest BCUT2D eigenvalue weighted by molar-refractivity contribution is 7.81. The van der Waals surface area contributed by atoms with E-state index in [1.54, 1.807) is 0 Å². The predicted octanol–water partition coefficient (Wildman–Crippen LogP) is 0.776. The van der Waals surface area contributed by atoms with E-state index in [-0.39, 0.29) is 0 Å². The summed E-state index contributed by atoms with van der Waals surface area (Å²) >= 11 is 0. The van der Waals surface area contributed by atoms with Crippen molar-refractivity contribution in [1.82, 2.24) is 0 Å². The number of benzene rings is 1. The Kier molecular flexibility index (Phi) is 2.68. The second kappa shape index (κ2) is 3.60. The highest BCUT2D eigenvalue weighted by Gasteiger charge is 2.18. The minimum atomic E-state index is -4.74. The molecule has 0 spiro atoms. The van der Waals surface area contributed by atoms with Gasteiger partial charge in [-0.1, -0.05) is 12.1 Å². The fraction of sp³-hybridized carbons (Fsp3) is 0. The fourth-order valence-electron chi connectivity index (χ4n) is 0.792. The Hall–Kier alpha value is -1.67. The lowest BCUT2D eigenvalue weighted by molar-refractivity contribution is -0.385. The third-order valence-corrected chi connectivity index (χ3v) is 1.65. The fourth-order valence-corrected chi connectivity index (χ4v) is 1.16. The van der Waals surface area contributed by atoms with Gasteiger partial charge < -0.3 is 4.18 Å². The minimum absolute atomic E-state index is 0.528. The van der Waals surface area contributed by atoms with Gasteiger partial charge in [0.15, 0.2) is 0 Å². The van der Waals surface area contributed by atoms with Crippen molar-refractivity contribution in [2.45, 2.75) is 0 Å². The van der Waals surface area contributed by atoms with Crippen LogP contribution in [-0.2, 0) is 10.4 Å². The van der Waals surface area contributed by atoms with E-state index >= 15 is 0 Å². The summed E-state index contributed by atoms with van der Waals surface area (Å²) in [5, 5.41) is 10.4. The van der Waals surface area contributed by atoms with Crippen molar-refractivity contribution in [2.75, 3.05) is 0 Å².